The molecule has 2 bridgehead atoms. The van der Waals surface area contributed by atoms with Crippen LogP contribution in [0, 0.1) is 12.8 Å². The summed E-state index contributed by atoms with van der Waals surface area (Å²) in [6.07, 6.45) is 1.44. The molecule has 2 aliphatic rings. The van der Waals surface area contributed by atoms with Crippen LogP contribution in [0.2, 0.25) is 0 Å². The maximum absolute atomic E-state index is 11.5. The SMILES string of the molecule is COC1C(C)[C@H]2O[C@@H]1COc1nc(=O)c(C)cn12. The number of methoxy groups -OCH3 is 1. The van der Waals surface area contributed by atoms with Crippen LogP contribution in [0.1, 0.15) is 18.7 Å². The summed E-state index contributed by atoms with van der Waals surface area (Å²) in [5.41, 5.74) is 0.326. The largest absolute Gasteiger partial charge is 0.462 e. The van der Waals surface area contributed by atoms with Crippen molar-refractivity contribution in [1.82, 2.24) is 9.55 Å². The molecule has 0 amide bonds. The molecule has 2 unspecified atom stereocenters. The van der Waals surface area contributed by atoms with Gasteiger partial charge in [-0.2, -0.15) is 4.98 Å². The highest BCUT2D eigenvalue weighted by Gasteiger charge is 2.46. The number of hydrogen-bond acceptors (Lipinski definition) is 5. The summed E-state index contributed by atoms with van der Waals surface area (Å²) in [5.74, 6) is 0.186. The van der Waals surface area contributed by atoms with Crippen LogP contribution >= 0.6 is 0 Å². The lowest BCUT2D eigenvalue weighted by Gasteiger charge is -2.24. The summed E-state index contributed by atoms with van der Waals surface area (Å²) in [6.45, 7) is 4.16. The smallest absolute Gasteiger partial charge is 0.301 e. The summed E-state index contributed by atoms with van der Waals surface area (Å²) in [5, 5.41) is 0. The van der Waals surface area contributed by atoms with Crippen LogP contribution in [0.15, 0.2) is 11.0 Å². The Labute approximate surface area is 104 Å². The van der Waals surface area contributed by atoms with Crippen LogP contribution in [0.25, 0.3) is 0 Å². The van der Waals surface area contributed by atoms with Crippen LogP contribution in [0.4, 0.5) is 0 Å². The lowest BCUT2D eigenvalue weighted by atomic mass is 10.0. The van der Waals surface area contributed by atoms with Crippen molar-refractivity contribution in [1.29, 1.82) is 0 Å². The van der Waals surface area contributed by atoms with Gasteiger partial charge in [-0.3, -0.25) is 9.36 Å². The Morgan fingerprint density at radius 3 is 3.06 bits per heavy atom. The molecule has 2 aliphatic heterocycles. The molecule has 1 fully saturated rings. The second-order valence-electron chi connectivity index (χ2n) is 4.85. The summed E-state index contributed by atoms with van der Waals surface area (Å²) >= 11 is 0. The fourth-order valence-corrected chi connectivity index (χ4v) is 2.70. The maximum atomic E-state index is 11.5. The van der Waals surface area contributed by atoms with Crippen molar-refractivity contribution < 1.29 is 14.2 Å². The number of nitrogens with zero attached hydrogens (tertiary/aromatic N) is 2. The second kappa shape index (κ2) is 4.07. The molecule has 6 heteroatoms. The number of aryl methyl sites for hydroxylation is 1. The average Bonchev–Trinajstić information content (AvgIpc) is 2.55. The van der Waals surface area contributed by atoms with E-state index in [1.54, 1.807) is 24.8 Å². The molecule has 1 aromatic rings. The van der Waals surface area contributed by atoms with Crippen LogP contribution in [0.3, 0.4) is 0 Å². The number of fused-ring (bicyclic) bond motifs is 4. The minimum Gasteiger partial charge on any atom is -0.462 e. The van der Waals surface area contributed by atoms with Gasteiger partial charge in [-0.15, -0.1) is 0 Å². The lowest BCUT2D eigenvalue weighted by molar-refractivity contribution is -0.0308. The van der Waals surface area contributed by atoms with Gasteiger partial charge in [0.15, 0.2) is 0 Å². The van der Waals surface area contributed by atoms with Gasteiger partial charge in [0.05, 0.1) is 6.10 Å². The molecule has 1 saturated heterocycles. The summed E-state index contributed by atoms with van der Waals surface area (Å²) < 4.78 is 18.7. The highest BCUT2D eigenvalue weighted by Crippen LogP contribution is 2.39. The highest BCUT2D eigenvalue weighted by molar-refractivity contribution is 5.12. The third-order valence-electron chi connectivity index (χ3n) is 3.66. The Bertz CT molecular complexity index is 527. The van der Waals surface area contributed by atoms with E-state index in [-0.39, 0.29) is 29.9 Å². The molecular formula is C12H16N2O4. The van der Waals surface area contributed by atoms with Crippen molar-refractivity contribution in [3.05, 3.63) is 22.1 Å². The first-order valence-corrected chi connectivity index (χ1v) is 6.02. The predicted octanol–water partition coefficient (Wildman–Crippen LogP) is 0.493. The first-order valence-electron chi connectivity index (χ1n) is 6.02. The minimum atomic E-state index is -0.255. The van der Waals surface area contributed by atoms with E-state index in [0.29, 0.717) is 18.2 Å². The first kappa shape index (κ1) is 11.7. The molecule has 0 saturated carbocycles. The zero-order chi connectivity index (χ0) is 12.9. The molecule has 4 atom stereocenters. The van der Waals surface area contributed by atoms with E-state index in [0.717, 1.165) is 0 Å². The van der Waals surface area contributed by atoms with Crippen LogP contribution < -0.4 is 10.3 Å². The molecule has 98 valence electrons. The number of hydrogen-bond donors (Lipinski definition) is 0. The molecule has 3 heterocycles. The van der Waals surface area contributed by atoms with Crippen LogP contribution in [-0.2, 0) is 9.47 Å². The van der Waals surface area contributed by atoms with E-state index in [1.807, 2.05) is 0 Å². The van der Waals surface area contributed by atoms with Gasteiger partial charge in [0.25, 0.3) is 5.56 Å². The molecule has 18 heavy (non-hydrogen) atoms. The van der Waals surface area contributed by atoms with E-state index in [1.165, 1.54) is 0 Å². The highest BCUT2D eigenvalue weighted by atomic mass is 16.6. The third kappa shape index (κ3) is 1.56. The average molecular weight is 252 g/mol. The fraction of sp³-hybridized carbons (Fsp3) is 0.667. The Hall–Kier alpha value is -1.40. The molecule has 0 N–H and O–H groups in total. The van der Waals surface area contributed by atoms with Crippen molar-refractivity contribution in [2.24, 2.45) is 5.92 Å². The van der Waals surface area contributed by atoms with Crippen LogP contribution in [-0.4, -0.2) is 35.5 Å². The normalized spacial score (nSPS) is 33.7. The molecule has 0 spiro atoms. The maximum Gasteiger partial charge on any atom is 0.301 e. The predicted molar refractivity (Wildman–Crippen MR) is 62.6 cm³/mol. The van der Waals surface area contributed by atoms with Gasteiger partial charge in [0.1, 0.15) is 18.9 Å². The summed E-state index contributed by atoms with van der Waals surface area (Å²) in [6, 6.07) is 0.333. The molecule has 1 aromatic heterocycles. The molecule has 0 aliphatic carbocycles. The van der Waals surface area contributed by atoms with Gasteiger partial charge >= 0.3 is 6.01 Å². The quantitative estimate of drug-likeness (QED) is 0.728. The van der Waals surface area contributed by atoms with Crippen LogP contribution in [0.5, 0.6) is 6.01 Å². The molecular weight excluding hydrogens is 236 g/mol. The topological polar surface area (TPSA) is 62.6 Å². The van der Waals surface area contributed by atoms with Crippen molar-refractivity contribution in [3.63, 3.8) is 0 Å². The summed E-state index contributed by atoms with van der Waals surface area (Å²) in [7, 11) is 1.68. The monoisotopic (exact) mass is 252 g/mol. The van der Waals surface area contributed by atoms with Gasteiger partial charge in [-0.25, -0.2) is 0 Å². The van der Waals surface area contributed by atoms with Gasteiger partial charge in [-0.05, 0) is 6.92 Å². The molecule has 3 rings (SSSR count). The molecule has 6 nitrogen and oxygen atoms in total. The van der Waals surface area contributed by atoms with Gasteiger partial charge in [-0.1, -0.05) is 6.92 Å². The number of aromatic nitrogens is 2. The zero-order valence-corrected chi connectivity index (χ0v) is 10.6. The van der Waals surface area contributed by atoms with Gasteiger partial charge in [0.2, 0.25) is 0 Å². The number of ether oxygens (including phenoxy) is 3. The van der Waals surface area contributed by atoms with Gasteiger partial charge < -0.3 is 14.2 Å². The van der Waals surface area contributed by atoms with E-state index >= 15 is 0 Å². The van der Waals surface area contributed by atoms with E-state index in [2.05, 4.69) is 11.9 Å². The lowest BCUT2D eigenvalue weighted by Crippen LogP contribution is -2.34. The van der Waals surface area contributed by atoms with Crippen molar-refractivity contribution >= 4 is 0 Å². The van der Waals surface area contributed by atoms with Crippen molar-refractivity contribution in [2.75, 3.05) is 13.7 Å². The number of rotatable bonds is 1. The van der Waals surface area contributed by atoms with E-state index in [9.17, 15) is 4.79 Å². The Kier molecular flexibility index (Phi) is 2.64. The minimum absolute atomic E-state index is 0.00267. The summed E-state index contributed by atoms with van der Waals surface area (Å²) in [4.78, 5) is 15.5. The third-order valence-corrected chi connectivity index (χ3v) is 3.66. The Morgan fingerprint density at radius 2 is 2.33 bits per heavy atom. The fourth-order valence-electron chi connectivity index (χ4n) is 2.70. The van der Waals surface area contributed by atoms with E-state index < -0.39 is 0 Å². The molecule has 0 aromatic carbocycles. The van der Waals surface area contributed by atoms with Crippen molar-refractivity contribution in [2.45, 2.75) is 32.3 Å². The Balaban J connectivity index is 2.08. The standard InChI is InChI=1S/C12H16N2O4/c1-6-4-14-11-7(2)9(16-3)8(18-11)5-17-12(14)13-10(6)15/h4,7-9,11H,5H2,1-3H3/t7?,8-,9?,11-/m1/s1. The van der Waals surface area contributed by atoms with E-state index in [4.69, 9.17) is 14.2 Å². The van der Waals surface area contributed by atoms with Crippen molar-refractivity contribution in [3.8, 4) is 6.01 Å². The van der Waals surface area contributed by atoms with Gasteiger partial charge in [0, 0.05) is 24.8 Å². The molecule has 0 radical (unpaired) electrons. The second-order valence-corrected chi connectivity index (χ2v) is 4.85. The first-order chi connectivity index (χ1) is 8.61. The zero-order valence-electron chi connectivity index (χ0n) is 10.6. The Morgan fingerprint density at radius 1 is 1.56 bits per heavy atom.